The third-order valence-corrected chi connectivity index (χ3v) is 3.41. The molecule has 7 heteroatoms. The number of urea groups is 1. The van der Waals surface area contributed by atoms with Crippen LogP contribution in [0.4, 0.5) is 4.79 Å². The van der Waals surface area contributed by atoms with Gasteiger partial charge in [-0.1, -0.05) is 13.8 Å². The number of amides is 3. The summed E-state index contributed by atoms with van der Waals surface area (Å²) in [5, 5.41) is 11.6. The van der Waals surface area contributed by atoms with Crippen molar-refractivity contribution in [2.75, 3.05) is 13.1 Å². The van der Waals surface area contributed by atoms with Gasteiger partial charge in [0.1, 0.15) is 6.04 Å². The predicted molar refractivity (Wildman–Crippen MR) is 72.9 cm³/mol. The smallest absolute Gasteiger partial charge is 0.326 e. The van der Waals surface area contributed by atoms with Crippen LogP contribution in [0.25, 0.3) is 0 Å². The number of likely N-dealkylation sites (tertiary alicyclic amines) is 1. The van der Waals surface area contributed by atoms with Crippen molar-refractivity contribution < 1.29 is 19.5 Å². The minimum atomic E-state index is -1.05. The minimum Gasteiger partial charge on any atom is -0.480 e. The SMILES string of the molecule is CC(C)CC(NC(=O)N1CCCC(C(N)=O)C1)C(=O)O. The standard InChI is InChI=1S/C13H23N3O4/c1-8(2)6-10(12(18)19)15-13(20)16-5-3-4-9(7-16)11(14)17/h8-10H,3-7H2,1-2H3,(H2,14,17)(H,15,20)(H,18,19). The number of primary amides is 1. The van der Waals surface area contributed by atoms with Crippen LogP contribution in [0.3, 0.4) is 0 Å². The van der Waals surface area contributed by atoms with Crippen LogP contribution in [0.15, 0.2) is 0 Å². The van der Waals surface area contributed by atoms with E-state index in [0.717, 1.165) is 0 Å². The number of carboxylic acids is 1. The summed E-state index contributed by atoms with van der Waals surface area (Å²) in [4.78, 5) is 35.8. The number of piperidine rings is 1. The number of nitrogens with two attached hydrogens (primary N) is 1. The van der Waals surface area contributed by atoms with Gasteiger partial charge in [0.05, 0.1) is 5.92 Å². The average molecular weight is 285 g/mol. The van der Waals surface area contributed by atoms with Crippen LogP contribution >= 0.6 is 0 Å². The first-order valence-corrected chi connectivity index (χ1v) is 6.88. The largest absolute Gasteiger partial charge is 0.480 e. The molecule has 0 bridgehead atoms. The van der Waals surface area contributed by atoms with Gasteiger partial charge in [-0.3, -0.25) is 4.79 Å². The molecule has 0 spiro atoms. The van der Waals surface area contributed by atoms with Gasteiger partial charge in [-0.25, -0.2) is 9.59 Å². The van der Waals surface area contributed by atoms with Gasteiger partial charge in [0.15, 0.2) is 0 Å². The molecule has 1 aliphatic heterocycles. The van der Waals surface area contributed by atoms with E-state index in [1.807, 2.05) is 13.8 Å². The summed E-state index contributed by atoms with van der Waals surface area (Å²) in [7, 11) is 0. The summed E-state index contributed by atoms with van der Waals surface area (Å²) in [6.07, 6.45) is 1.74. The van der Waals surface area contributed by atoms with E-state index in [1.165, 1.54) is 4.90 Å². The molecule has 0 aromatic heterocycles. The Hall–Kier alpha value is -1.79. The maximum absolute atomic E-state index is 12.1. The van der Waals surface area contributed by atoms with E-state index in [2.05, 4.69) is 5.32 Å². The third-order valence-electron chi connectivity index (χ3n) is 3.41. The highest BCUT2D eigenvalue weighted by atomic mass is 16.4. The lowest BCUT2D eigenvalue weighted by Crippen LogP contribution is -2.52. The highest BCUT2D eigenvalue weighted by molar-refractivity contribution is 5.83. The zero-order chi connectivity index (χ0) is 15.3. The summed E-state index contributed by atoms with van der Waals surface area (Å²) in [6, 6.07) is -1.35. The molecular weight excluding hydrogens is 262 g/mol. The molecule has 0 aromatic carbocycles. The summed E-state index contributed by atoms with van der Waals surface area (Å²) < 4.78 is 0. The van der Waals surface area contributed by atoms with Crippen molar-refractivity contribution in [1.82, 2.24) is 10.2 Å². The number of nitrogens with one attached hydrogen (secondary N) is 1. The molecule has 0 aliphatic carbocycles. The van der Waals surface area contributed by atoms with Crippen LogP contribution in [-0.4, -0.2) is 47.0 Å². The van der Waals surface area contributed by atoms with E-state index in [-0.39, 0.29) is 18.4 Å². The van der Waals surface area contributed by atoms with Gasteiger partial charge in [0.2, 0.25) is 5.91 Å². The Morgan fingerprint density at radius 1 is 1.40 bits per heavy atom. The Labute approximate surface area is 118 Å². The first kappa shape index (κ1) is 16.3. The lowest BCUT2D eigenvalue weighted by atomic mass is 9.98. The fourth-order valence-electron chi connectivity index (χ4n) is 2.33. The van der Waals surface area contributed by atoms with Crippen LogP contribution in [-0.2, 0) is 9.59 Å². The van der Waals surface area contributed by atoms with Crippen molar-refractivity contribution in [3.05, 3.63) is 0 Å². The van der Waals surface area contributed by atoms with Crippen molar-refractivity contribution in [3.63, 3.8) is 0 Å². The molecule has 4 N–H and O–H groups in total. The maximum Gasteiger partial charge on any atom is 0.326 e. The van der Waals surface area contributed by atoms with E-state index < -0.39 is 23.9 Å². The molecule has 0 radical (unpaired) electrons. The molecule has 1 aliphatic rings. The summed E-state index contributed by atoms with van der Waals surface area (Å²) in [6.45, 7) is 4.57. The number of nitrogens with zero attached hydrogens (tertiary/aromatic N) is 1. The normalized spacial score (nSPS) is 20.6. The third kappa shape index (κ3) is 4.71. The number of hydrogen-bond donors (Lipinski definition) is 3. The first-order chi connectivity index (χ1) is 9.31. The molecule has 0 saturated carbocycles. The highest BCUT2D eigenvalue weighted by Gasteiger charge is 2.29. The van der Waals surface area contributed by atoms with Gasteiger partial charge >= 0.3 is 12.0 Å². The first-order valence-electron chi connectivity index (χ1n) is 6.88. The second-order valence-electron chi connectivity index (χ2n) is 5.66. The molecular formula is C13H23N3O4. The molecule has 1 rings (SSSR count). The second kappa shape index (κ2) is 7.12. The number of hydrogen-bond acceptors (Lipinski definition) is 3. The highest BCUT2D eigenvalue weighted by Crippen LogP contribution is 2.16. The van der Waals surface area contributed by atoms with E-state index in [4.69, 9.17) is 10.8 Å². The molecule has 1 heterocycles. The fraction of sp³-hybridized carbons (Fsp3) is 0.769. The van der Waals surface area contributed by atoms with Gasteiger partial charge in [0.25, 0.3) is 0 Å². The van der Waals surface area contributed by atoms with Crippen molar-refractivity contribution >= 4 is 17.9 Å². The van der Waals surface area contributed by atoms with Crippen molar-refractivity contribution in [2.24, 2.45) is 17.6 Å². The van der Waals surface area contributed by atoms with Crippen LogP contribution in [0.5, 0.6) is 0 Å². The quantitative estimate of drug-likeness (QED) is 0.678. The maximum atomic E-state index is 12.1. The molecule has 3 amide bonds. The minimum absolute atomic E-state index is 0.163. The van der Waals surface area contributed by atoms with Crippen LogP contribution in [0.1, 0.15) is 33.1 Å². The molecule has 2 unspecified atom stereocenters. The number of carboxylic acid groups (broad SMARTS) is 1. The van der Waals surface area contributed by atoms with Crippen molar-refractivity contribution in [3.8, 4) is 0 Å². The van der Waals surface area contributed by atoms with Gasteiger partial charge < -0.3 is 21.1 Å². The van der Waals surface area contributed by atoms with E-state index in [9.17, 15) is 14.4 Å². The predicted octanol–water partition coefficient (Wildman–Crippen LogP) is 0.393. The second-order valence-corrected chi connectivity index (χ2v) is 5.66. The monoisotopic (exact) mass is 285 g/mol. The summed E-state index contributed by atoms with van der Waals surface area (Å²) in [5.74, 6) is -1.64. The average Bonchev–Trinajstić information content (AvgIpc) is 2.37. The molecule has 114 valence electrons. The van der Waals surface area contributed by atoms with Crippen molar-refractivity contribution in [2.45, 2.75) is 39.2 Å². The lowest BCUT2D eigenvalue weighted by molar-refractivity contribution is -0.139. The Balaban J connectivity index is 2.59. The molecule has 0 aromatic rings. The van der Waals surface area contributed by atoms with Gasteiger partial charge in [-0.15, -0.1) is 0 Å². The number of carbonyl (C=O) groups excluding carboxylic acids is 2. The van der Waals surface area contributed by atoms with Crippen molar-refractivity contribution in [1.29, 1.82) is 0 Å². The fourth-order valence-corrected chi connectivity index (χ4v) is 2.33. The van der Waals surface area contributed by atoms with Crippen LogP contribution in [0, 0.1) is 11.8 Å². The molecule has 2 atom stereocenters. The molecule has 7 nitrogen and oxygen atoms in total. The molecule has 1 saturated heterocycles. The summed E-state index contributed by atoms with van der Waals surface area (Å²) >= 11 is 0. The van der Waals surface area contributed by atoms with Gasteiger partial charge in [-0.2, -0.15) is 0 Å². The number of rotatable bonds is 5. The van der Waals surface area contributed by atoms with Crippen LogP contribution < -0.4 is 11.1 Å². The van der Waals surface area contributed by atoms with E-state index >= 15 is 0 Å². The van der Waals surface area contributed by atoms with E-state index in [0.29, 0.717) is 25.8 Å². The van der Waals surface area contributed by atoms with Gasteiger partial charge in [0, 0.05) is 13.1 Å². The zero-order valence-corrected chi connectivity index (χ0v) is 12.0. The zero-order valence-electron chi connectivity index (χ0n) is 12.0. The Morgan fingerprint density at radius 3 is 2.55 bits per heavy atom. The van der Waals surface area contributed by atoms with Gasteiger partial charge in [-0.05, 0) is 25.2 Å². The molecule has 20 heavy (non-hydrogen) atoms. The summed E-state index contributed by atoms with van der Waals surface area (Å²) in [5.41, 5.74) is 5.25. The number of carbonyl (C=O) groups is 3. The number of aliphatic carboxylic acids is 1. The van der Waals surface area contributed by atoms with E-state index in [1.54, 1.807) is 0 Å². The van der Waals surface area contributed by atoms with Crippen LogP contribution in [0.2, 0.25) is 0 Å². The topological polar surface area (TPSA) is 113 Å². The lowest BCUT2D eigenvalue weighted by Gasteiger charge is -2.32. The Kier molecular flexibility index (Phi) is 5.79. The Morgan fingerprint density at radius 2 is 2.05 bits per heavy atom. The molecule has 1 fully saturated rings. The Bertz CT molecular complexity index is 384.